The third-order valence-electron chi connectivity index (χ3n) is 2.41. The zero-order chi connectivity index (χ0) is 15.0. The van der Waals surface area contributed by atoms with Gasteiger partial charge >= 0.3 is 0 Å². The summed E-state index contributed by atoms with van der Waals surface area (Å²) in [5.41, 5.74) is 0. The van der Waals surface area contributed by atoms with Crippen LogP contribution in [-0.2, 0) is 26.3 Å². The van der Waals surface area contributed by atoms with E-state index in [4.69, 9.17) is 5.11 Å². The fraction of sp³-hybridized carbons (Fsp3) is 0.182. The smallest absolute Gasteiger partial charge is 0.233 e. The van der Waals surface area contributed by atoms with Crippen LogP contribution in [0.1, 0.15) is 4.88 Å². The number of thiophene rings is 1. The van der Waals surface area contributed by atoms with Gasteiger partial charge in [-0.3, -0.25) is 0 Å². The van der Waals surface area contributed by atoms with E-state index < -0.39 is 19.7 Å². The molecule has 108 valence electrons. The van der Waals surface area contributed by atoms with E-state index in [0.717, 1.165) is 17.6 Å². The van der Waals surface area contributed by atoms with Crippen molar-refractivity contribution in [1.82, 2.24) is 4.98 Å². The van der Waals surface area contributed by atoms with Gasteiger partial charge in [-0.2, -0.15) is 0 Å². The monoisotopic (exact) mass is 333 g/mol. The van der Waals surface area contributed by atoms with E-state index in [2.05, 4.69) is 4.98 Å². The Balaban J connectivity index is 2.55. The van der Waals surface area contributed by atoms with Crippen molar-refractivity contribution in [3.8, 4) is 0 Å². The van der Waals surface area contributed by atoms with E-state index in [-0.39, 0.29) is 20.9 Å². The third kappa shape index (κ3) is 2.90. The molecule has 2 heterocycles. The molecule has 0 amide bonds. The number of sulfone groups is 2. The molecule has 6 nitrogen and oxygen atoms in total. The molecular formula is C11H11NO5S3. The first-order valence-corrected chi connectivity index (χ1v) is 9.56. The minimum atomic E-state index is -3.88. The zero-order valence-electron chi connectivity index (χ0n) is 10.3. The SMILES string of the molecule is CS(=O)(=O)c1cccc(S(=O)(=O)c2ccc(CO)s2)n1. The summed E-state index contributed by atoms with van der Waals surface area (Å²) in [7, 11) is -7.46. The zero-order valence-corrected chi connectivity index (χ0v) is 12.8. The number of aliphatic hydroxyl groups is 1. The number of aromatic nitrogens is 1. The van der Waals surface area contributed by atoms with E-state index in [1.54, 1.807) is 0 Å². The van der Waals surface area contributed by atoms with Crippen LogP contribution in [0.4, 0.5) is 0 Å². The number of nitrogens with zero attached hydrogens (tertiary/aromatic N) is 1. The highest BCUT2D eigenvalue weighted by molar-refractivity contribution is 7.93. The summed E-state index contributed by atoms with van der Waals surface area (Å²) in [6.07, 6.45) is 0.959. The molecule has 2 rings (SSSR count). The van der Waals surface area contributed by atoms with Crippen LogP contribution in [0.3, 0.4) is 0 Å². The molecule has 0 aliphatic heterocycles. The highest BCUT2D eigenvalue weighted by Crippen LogP contribution is 2.27. The topological polar surface area (TPSA) is 101 Å². The lowest BCUT2D eigenvalue weighted by Crippen LogP contribution is -2.07. The third-order valence-corrected chi connectivity index (χ3v) is 6.61. The van der Waals surface area contributed by atoms with E-state index in [9.17, 15) is 16.8 Å². The number of aliphatic hydroxyl groups excluding tert-OH is 1. The molecule has 0 saturated carbocycles. The van der Waals surface area contributed by atoms with E-state index >= 15 is 0 Å². The van der Waals surface area contributed by atoms with Crippen LogP contribution in [-0.4, -0.2) is 33.2 Å². The van der Waals surface area contributed by atoms with Gasteiger partial charge in [0.05, 0.1) is 6.61 Å². The Kier molecular flexibility index (Phi) is 3.96. The second-order valence-electron chi connectivity index (χ2n) is 3.97. The molecule has 0 unspecified atom stereocenters. The molecule has 20 heavy (non-hydrogen) atoms. The van der Waals surface area contributed by atoms with Crippen molar-refractivity contribution < 1.29 is 21.9 Å². The quantitative estimate of drug-likeness (QED) is 0.891. The van der Waals surface area contributed by atoms with Gasteiger partial charge in [0.1, 0.15) is 4.21 Å². The van der Waals surface area contributed by atoms with Gasteiger partial charge < -0.3 is 5.11 Å². The number of pyridine rings is 1. The number of hydrogen-bond donors (Lipinski definition) is 1. The molecular weight excluding hydrogens is 322 g/mol. The van der Waals surface area contributed by atoms with Crippen LogP contribution in [0, 0.1) is 0 Å². The van der Waals surface area contributed by atoms with Crippen LogP contribution < -0.4 is 0 Å². The fourth-order valence-electron chi connectivity index (χ4n) is 1.44. The standard InChI is InChI=1S/C11H11NO5S3/c1-19(14,15)9-3-2-4-10(12-9)20(16,17)11-6-5-8(7-13)18-11/h2-6,13H,7H2,1H3. The highest BCUT2D eigenvalue weighted by atomic mass is 32.2. The van der Waals surface area contributed by atoms with Crippen molar-refractivity contribution in [3.05, 3.63) is 35.2 Å². The van der Waals surface area contributed by atoms with Gasteiger partial charge in [-0.1, -0.05) is 6.07 Å². The molecule has 0 fully saturated rings. The van der Waals surface area contributed by atoms with Gasteiger partial charge in [0.15, 0.2) is 19.9 Å². The van der Waals surface area contributed by atoms with Crippen molar-refractivity contribution in [1.29, 1.82) is 0 Å². The summed E-state index contributed by atoms with van der Waals surface area (Å²) in [5, 5.41) is 8.34. The average molecular weight is 333 g/mol. The summed E-state index contributed by atoms with van der Waals surface area (Å²) >= 11 is 0.921. The van der Waals surface area contributed by atoms with Crippen molar-refractivity contribution in [2.24, 2.45) is 0 Å². The summed E-state index contributed by atoms with van der Waals surface area (Å²) in [4.78, 5) is 4.20. The summed E-state index contributed by atoms with van der Waals surface area (Å²) < 4.78 is 47.5. The molecule has 0 spiro atoms. The maximum atomic E-state index is 12.3. The predicted molar refractivity (Wildman–Crippen MR) is 73.0 cm³/mol. The summed E-state index contributed by atoms with van der Waals surface area (Å²) in [6, 6.07) is 6.67. The second-order valence-corrected chi connectivity index (χ2v) is 9.22. The van der Waals surface area contributed by atoms with Gasteiger partial charge in [0.2, 0.25) is 9.84 Å². The first-order valence-electron chi connectivity index (χ1n) is 5.37. The van der Waals surface area contributed by atoms with Crippen LogP contribution in [0.25, 0.3) is 0 Å². The van der Waals surface area contributed by atoms with Gasteiger partial charge in [0.25, 0.3) is 0 Å². The molecule has 0 radical (unpaired) electrons. The molecule has 0 aliphatic carbocycles. The van der Waals surface area contributed by atoms with E-state index in [1.807, 2.05) is 0 Å². The Bertz CT molecular complexity index is 836. The Morgan fingerprint density at radius 1 is 1.10 bits per heavy atom. The fourth-order valence-corrected chi connectivity index (χ4v) is 4.63. The first-order chi connectivity index (χ1) is 9.25. The summed E-state index contributed by atoms with van der Waals surface area (Å²) in [5.74, 6) is 0. The Hall–Kier alpha value is -1.29. The molecule has 0 bridgehead atoms. The molecule has 0 aliphatic rings. The van der Waals surface area contributed by atoms with E-state index in [1.165, 1.54) is 30.3 Å². The van der Waals surface area contributed by atoms with Crippen LogP contribution in [0.15, 0.2) is 44.6 Å². The molecule has 0 atom stereocenters. The number of rotatable bonds is 4. The average Bonchev–Trinajstić information content (AvgIpc) is 2.87. The Labute approximate surface area is 120 Å². The molecule has 0 aromatic carbocycles. The van der Waals surface area contributed by atoms with Gasteiger partial charge in [-0.25, -0.2) is 21.8 Å². The molecule has 0 saturated heterocycles. The summed E-state index contributed by atoms with van der Waals surface area (Å²) in [6.45, 7) is -0.253. The molecule has 2 aromatic rings. The van der Waals surface area contributed by atoms with Gasteiger partial charge in [-0.15, -0.1) is 11.3 Å². The van der Waals surface area contributed by atoms with Gasteiger partial charge in [-0.05, 0) is 24.3 Å². The van der Waals surface area contributed by atoms with Crippen LogP contribution in [0.5, 0.6) is 0 Å². The predicted octanol–water partition coefficient (Wildman–Crippen LogP) is 0.872. The number of hydrogen-bond acceptors (Lipinski definition) is 7. The maximum Gasteiger partial charge on any atom is 0.233 e. The van der Waals surface area contributed by atoms with Crippen molar-refractivity contribution in [3.63, 3.8) is 0 Å². The lowest BCUT2D eigenvalue weighted by molar-refractivity contribution is 0.285. The van der Waals surface area contributed by atoms with E-state index in [0.29, 0.717) is 4.88 Å². The largest absolute Gasteiger partial charge is 0.391 e. The van der Waals surface area contributed by atoms with Gasteiger partial charge in [0, 0.05) is 11.1 Å². The van der Waals surface area contributed by atoms with Crippen molar-refractivity contribution >= 4 is 31.0 Å². The van der Waals surface area contributed by atoms with Crippen molar-refractivity contribution in [2.45, 2.75) is 20.9 Å². The molecule has 9 heteroatoms. The lowest BCUT2D eigenvalue weighted by atomic mass is 10.5. The van der Waals surface area contributed by atoms with Crippen molar-refractivity contribution in [2.75, 3.05) is 6.26 Å². The molecule has 2 aromatic heterocycles. The Morgan fingerprint density at radius 3 is 2.30 bits per heavy atom. The van der Waals surface area contributed by atoms with Crippen LogP contribution >= 0.6 is 11.3 Å². The first kappa shape index (κ1) is 15.1. The van der Waals surface area contributed by atoms with Crippen LogP contribution in [0.2, 0.25) is 0 Å². The molecule has 1 N–H and O–H groups in total. The minimum Gasteiger partial charge on any atom is -0.391 e. The highest BCUT2D eigenvalue weighted by Gasteiger charge is 2.23. The minimum absolute atomic E-state index is 0.0136. The lowest BCUT2D eigenvalue weighted by Gasteiger charge is -2.03. The Morgan fingerprint density at radius 2 is 1.75 bits per heavy atom. The maximum absolute atomic E-state index is 12.3. The normalized spacial score (nSPS) is 12.5. The second kappa shape index (κ2) is 5.24.